The molecule has 0 aliphatic rings. The summed E-state index contributed by atoms with van der Waals surface area (Å²) < 4.78 is 3.98. The van der Waals surface area contributed by atoms with Crippen LogP contribution < -0.4 is 10.9 Å². The Kier molecular flexibility index (Phi) is 3.72. The summed E-state index contributed by atoms with van der Waals surface area (Å²) in [6.45, 7) is 0. The number of carbonyl (C=O) groups excluding carboxylic acids is 1. The Balaban J connectivity index is 1.90. The summed E-state index contributed by atoms with van der Waals surface area (Å²) in [5.74, 6) is -0.322. The second-order valence-electron chi connectivity index (χ2n) is 4.12. The molecule has 0 bridgehead atoms. The van der Waals surface area contributed by atoms with Crippen molar-refractivity contribution < 1.29 is 4.79 Å². The maximum atomic E-state index is 12.3. The van der Waals surface area contributed by atoms with Gasteiger partial charge in [0.05, 0.1) is 6.33 Å². The second-order valence-corrected chi connectivity index (χ2v) is 5.78. The lowest BCUT2D eigenvalue weighted by Gasteiger charge is -2.04. The van der Waals surface area contributed by atoms with Gasteiger partial charge in [0.2, 0.25) is 0 Å². The number of hydrogen-bond donors (Lipinski definition) is 2. The third-order valence-corrected chi connectivity index (χ3v) is 4.40. The Hall–Kier alpha value is -2.19. The van der Waals surface area contributed by atoms with E-state index >= 15 is 0 Å². The number of H-pyrrole nitrogens is 1. The van der Waals surface area contributed by atoms with E-state index in [1.165, 1.54) is 6.33 Å². The molecule has 0 radical (unpaired) electrons. The van der Waals surface area contributed by atoms with E-state index in [0.717, 1.165) is 16.4 Å². The fraction of sp³-hybridized carbons (Fsp3) is 0.0769. The zero-order valence-electron chi connectivity index (χ0n) is 10.9. The highest BCUT2D eigenvalue weighted by atomic mass is 32.2. The number of thioether (sulfide) groups is 1. The van der Waals surface area contributed by atoms with Gasteiger partial charge in [0.25, 0.3) is 11.5 Å². The Bertz CT molecular complexity index is 854. The Labute approximate surface area is 127 Å². The molecule has 3 rings (SSSR count). The highest BCUT2D eigenvalue weighted by Gasteiger charge is 2.17. The molecule has 6 nitrogen and oxygen atoms in total. The summed E-state index contributed by atoms with van der Waals surface area (Å²) in [4.78, 5) is 31.7. The highest BCUT2D eigenvalue weighted by Crippen LogP contribution is 2.21. The summed E-state index contributed by atoms with van der Waals surface area (Å²) in [6.07, 6.45) is 3.25. The minimum absolute atomic E-state index is 0.186. The number of nitrogens with one attached hydrogen (secondary N) is 2. The highest BCUT2D eigenvalue weighted by molar-refractivity contribution is 7.98. The predicted molar refractivity (Wildman–Crippen MR) is 84.2 cm³/mol. The van der Waals surface area contributed by atoms with E-state index < -0.39 is 0 Å². The molecule has 1 amide bonds. The third-order valence-electron chi connectivity index (χ3n) is 2.83. The number of carbonyl (C=O) groups is 1. The van der Waals surface area contributed by atoms with Gasteiger partial charge < -0.3 is 10.3 Å². The maximum Gasteiger partial charge on any atom is 0.278 e. The Morgan fingerprint density at radius 1 is 1.29 bits per heavy atom. The van der Waals surface area contributed by atoms with Crippen molar-refractivity contribution in [1.82, 2.24) is 14.3 Å². The van der Waals surface area contributed by atoms with Crippen LogP contribution in [0.15, 0.2) is 40.3 Å². The van der Waals surface area contributed by atoms with E-state index in [1.807, 2.05) is 30.5 Å². The van der Waals surface area contributed by atoms with Gasteiger partial charge in [-0.3, -0.25) is 9.59 Å². The number of aromatic amines is 1. The molecule has 106 valence electrons. The minimum atomic E-state index is -0.348. The monoisotopic (exact) mass is 318 g/mol. The van der Waals surface area contributed by atoms with Gasteiger partial charge in [0.15, 0.2) is 5.52 Å². The molecule has 0 aliphatic carbocycles. The topological polar surface area (TPSA) is 87.7 Å². The molecule has 2 N–H and O–H groups in total. The average molecular weight is 318 g/mol. The average Bonchev–Trinajstić information content (AvgIpc) is 2.93. The molecule has 0 aliphatic heterocycles. The molecular formula is C13H10N4O2S2. The normalized spacial score (nSPS) is 10.7. The van der Waals surface area contributed by atoms with Crippen molar-refractivity contribution in [2.24, 2.45) is 0 Å². The number of rotatable bonds is 3. The zero-order valence-corrected chi connectivity index (χ0v) is 12.5. The molecule has 0 fully saturated rings. The standard InChI is InChI=1S/C13H10N4O2S2/c1-20-8-4-2-7(3-5-8)16-13(19)11-9-10(17-21-11)12(18)15-6-14-9/h2-6H,1H3,(H,16,19)(H,14,15,18). The largest absolute Gasteiger partial charge is 0.321 e. The molecule has 0 atom stereocenters. The first kappa shape index (κ1) is 13.8. The summed E-state index contributed by atoms with van der Waals surface area (Å²) in [7, 11) is 0. The van der Waals surface area contributed by atoms with E-state index in [9.17, 15) is 9.59 Å². The molecule has 2 aromatic heterocycles. The van der Waals surface area contributed by atoms with Gasteiger partial charge in [-0.05, 0) is 42.1 Å². The summed E-state index contributed by atoms with van der Waals surface area (Å²) >= 11 is 2.59. The van der Waals surface area contributed by atoms with Crippen molar-refractivity contribution in [2.75, 3.05) is 11.6 Å². The van der Waals surface area contributed by atoms with Crippen LogP contribution in [0.3, 0.4) is 0 Å². The van der Waals surface area contributed by atoms with Crippen LogP contribution in [0, 0.1) is 0 Å². The maximum absolute atomic E-state index is 12.3. The van der Waals surface area contributed by atoms with Crippen molar-refractivity contribution >= 4 is 45.9 Å². The van der Waals surface area contributed by atoms with Gasteiger partial charge in [0.1, 0.15) is 10.4 Å². The fourth-order valence-electron chi connectivity index (χ4n) is 1.79. The SMILES string of the molecule is CSc1ccc(NC(=O)c2snc3c(=O)[nH]cnc23)cc1. The van der Waals surface area contributed by atoms with Gasteiger partial charge >= 0.3 is 0 Å². The number of amides is 1. The summed E-state index contributed by atoms with van der Waals surface area (Å²) in [5.41, 5.74) is 0.844. The van der Waals surface area contributed by atoms with Crippen molar-refractivity contribution in [2.45, 2.75) is 4.90 Å². The molecular weight excluding hydrogens is 308 g/mol. The molecule has 0 saturated heterocycles. The predicted octanol–water partition coefficient (Wildman–Crippen LogP) is 2.35. The second kappa shape index (κ2) is 5.66. The molecule has 0 spiro atoms. The van der Waals surface area contributed by atoms with E-state index in [4.69, 9.17) is 0 Å². The number of hydrogen-bond acceptors (Lipinski definition) is 6. The molecule has 8 heteroatoms. The fourth-order valence-corrected chi connectivity index (χ4v) is 2.92. The first-order chi connectivity index (χ1) is 10.2. The minimum Gasteiger partial charge on any atom is -0.321 e. The van der Waals surface area contributed by atoms with Crippen LogP contribution in [0.5, 0.6) is 0 Å². The first-order valence-electron chi connectivity index (χ1n) is 5.97. The van der Waals surface area contributed by atoms with Crippen LogP contribution in [-0.4, -0.2) is 26.5 Å². The van der Waals surface area contributed by atoms with Crippen LogP contribution >= 0.6 is 23.3 Å². The lowest BCUT2D eigenvalue weighted by Crippen LogP contribution is -2.12. The molecule has 2 heterocycles. The van der Waals surface area contributed by atoms with Crippen LogP contribution in [-0.2, 0) is 0 Å². The number of nitrogens with zero attached hydrogens (tertiary/aromatic N) is 2. The quantitative estimate of drug-likeness (QED) is 0.724. The van der Waals surface area contributed by atoms with E-state index in [1.54, 1.807) is 11.8 Å². The van der Waals surface area contributed by atoms with Crippen LogP contribution in [0.2, 0.25) is 0 Å². The van der Waals surface area contributed by atoms with Crippen molar-refractivity contribution in [3.63, 3.8) is 0 Å². The number of anilines is 1. The zero-order chi connectivity index (χ0) is 14.8. The van der Waals surface area contributed by atoms with Crippen LogP contribution in [0.4, 0.5) is 5.69 Å². The van der Waals surface area contributed by atoms with Gasteiger partial charge in [-0.25, -0.2) is 4.98 Å². The smallest absolute Gasteiger partial charge is 0.278 e. The first-order valence-corrected chi connectivity index (χ1v) is 7.97. The van der Waals surface area contributed by atoms with Gasteiger partial charge in [-0.1, -0.05) is 0 Å². The number of benzene rings is 1. The molecule has 0 unspecified atom stereocenters. The lowest BCUT2D eigenvalue weighted by atomic mass is 10.3. The van der Waals surface area contributed by atoms with Crippen molar-refractivity contribution in [3.8, 4) is 0 Å². The summed E-state index contributed by atoms with van der Waals surface area (Å²) in [6, 6.07) is 7.50. The molecule has 21 heavy (non-hydrogen) atoms. The molecule has 1 aromatic carbocycles. The van der Waals surface area contributed by atoms with E-state index in [2.05, 4.69) is 19.7 Å². The van der Waals surface area contributed by atoms with Crippen LogP contribution in [0.1, 0.15) is 9.67 Å². The summed E-state index contributed by atoms with van der Waals surface area (Å²) in [5, 5.41) is 2.78. The lowest BCUT2D eigenvalue weighted by molar-refractivity contribution is 0.103. The van der Waals surface area contributed by atoms with Crippen molar-refractivity contribution in [3.05, 3.63) is 45.8 Å². The number of fused-ring (bicyclic) bond motifs is 1. The van der Waals surface area contributed by atoms with E-state index in [0.29, 0.717) is 16.1 Å². The molecule has 0 saturated carbocycles. The van der Waals surface area contributed by atoms with Crippen molar-refractivity contribution in [1.29, 1.82) is 0 Å². The number of aromatic nitrogens is 3. The molecule has 3 aromatic rings. The Morgan fingerprint density at radius 2 is 2.05 bits per heavy atom. The Morgan fingerprint density at radius 3 is 2.76 bits per heavy atom. The van der Waals surface area contributed by atoms with Crippen LogP contribution in [0.25, 0.3) is 11.0 Å². The van der Waals surface area contributed by atoms with Gasteiger partial charge in [0, 0.05) is 10.6 Å². The van der Waals surface area contributed by atoms with Gasteiger partial charge in [-0.2, -0.15) is 4.37 Å². The third kappa shape index (κ3) is 2.67. The van der Waals surface area contributed by atoms with E-state index in [-0.39, 0.29) is 17.0 Å². The van der Waals surface area contributed by atoms with Gasteiger partial charge in [-0.15, -0.1) is 11.8 Å².